The number of hydrogen-bond acceptors (Lipinski definition) is 0. The molecule has 0 heterocycles. The molecule has 3 heteroatoms. The summed E-state index contributed by atoms with van der Waals surface area (Å²) in [5.41, 5.74) is 13.7. The molecular formula is C33H62Si3. The quantitative estimate of drug-likeness (QED) is 0.131. The van der Waals surface area contributed by atoms with Crippen LogP contribution in [0.25, 0.3) is 0 Å². The van der Waals surface area contributed by atoms with Crippen LogP contribution in [0.3, 0.4) is 0 Å². The van der Waals surface area contributed by atoms with E-state index in [-0.39, 0.29) is 0 Å². The van der Waals surface area contributed by atoms with E-state index in [9.17, 15) is 0 Å². The first-order valence-corrected chi connectivity index (χ1v) is 22.1. The van der Waals surface area contributed by atoms with Gasteiger partial charge in [0, 0.05) is 0 Å². The number of rotatable bonds is 12. The Morgan fingerprint density at radius 2 is 0.861 bits per heavy atom. The van der Waals surface area contributed by atoms with E-state index in [1.807, 2.05) is 0 Å². The van der Waals surface area contributed by atoms with E-state index < -0.39 is 29.6 Å². The van der Waals surface area contributed by atoms with Gasteiger partial charge in [-0.25, -0.2) is 0 Å². The molecule has 0 amide bonds. The number of allylic oxidation sites excluding steroid dienone is 2. The third-order valence-corrected chi connectivity index (χ3v) is 27.5. The molecule has 0 aromatic heterocycles. The maximum absolute atomic E-state index is 4.37. The topological polar surface area (TPSA) is 0 Å². The highest BCUT2D eigenvalue weighted by Crippen LogP contribution is 2.43. The summed E-state index contributed by atoms with van der Waals surface area (Å²) in [5, 5.41) is 0. The lowest BCUT2D eigenvalue weighted by Crippen LogP contribution is -2.44. The normalized spacial score (nSPS) is 13.7. The van der Waals surface area contributed by atoms with Gasteiger partial charge in [-0.3, -0.25) is 0 Å². The molecule has 0 fully saturated rings. The van der Waals surface area contributed by atoms with Crippen molar-refractivity contribution in [3.63, 3.8) is 0 Å². The van der Waals surface area contributed by atoms with E-state index >= 15 is 0 Å². The summed E-state index contributed by atoms with van der Waals surface area (Å²) in [6.07, 6.45) is 4.48. The van der Waals surface area contributed by atoms with Gasteiger partial charge in [-0.1, -0.05) is 152 Å². The van der Waals surface area contributed by atoms with Crippen LogP contribution >= 0.6 is 0 Å². The summed E-state index contributed by atoms with van der Waals surface area (Å²) in [6, 6.07) is 3.82. The average Bonchev–Trinajstić information content (AvgIpc) is 2.79. The van der Waals surface area contributed by atoms with Gasteiger partial charge in [0.05, 0.1) is 8.07 Å². The van der Waals surface area contributed by atoms with Gasteiger partial charge in [-0.05, 0) is 33.2 Å². The average molecular weight is 543 g/mol. The van der Waals surface area contributed by atoms with Crippen molar-refractivity contribution in [3.05, 3.63) is 24.4 Å². The second-order valence-electron chi connectivity index (χ2n) is 13.1. The van der Waals surface area contributed by atoms with Gasteiger partial charge in [0.2, 0.25) is 0 Å². The van der Waals surface area contributed by atoms with Crippen molar-refractivity contribution in [2.45, 2.75) is 155 Å². The van der Waals surface area contributed by atoms with E-state index in [1.165, 1.54) is 18.1 Å². The molecule has 0 unspecified atom stereocenters. The second-order valence-corrected chi connectivity index (χ2v) is 29.5. The van der Waals surface area contributed by atoms with Crippen LogP contribution in [-0.2, 0) is 0 Å². The molecular weight excluding hydrogens is 481 g/mol. The predicted octanol–water partition coefficient (Wildman–Crippen LogP) is 11.2. The van der Waals surface area contributed by atoms with Crippen LogP contribution in [0.5, 0.6) is 0 Å². The molecule has 0 aliphatic rings. The minimum atomic E-state index is -1.88. The summed E-state index contributed by atoms with van der Waals surface area (Å²) in [7, 11) is -5.23. The van der Waals surface area contributed by atoms with Crippen molar-refractivity contribution in [1.29, 1.82) is 0 Å². The van der Waals surface area contributed by atoms with Crippen molar-refractivity contribution in [2.24, 2.45) is 5.41 Å². The van der Waals surface area contributed by atoms with Crippen LogP contribution < -0.4 is 0 Å². The van der Waals surface area contributed by atoms with Crippen LogP contribution in [0, 0.1) is 28.3 Å². The fraction of sp³-hybridized carbons (Fsp3) is 0.758. The molecule has 0 aromatic rings. The Hall–Kier alpha value is -0.749. The molecule has 0 spiro atoms. The lowest BCUT2D eigenvalue weighted by Gasteiger charge is -2.39. The molecule has 0 atom stereocenters. The van der Waals surface area contributed by atoms with Gasteiger partial charge in [0.15, 0.2) is 0 Å². The minimum absolute atomic E-state index is 0.564. The molecule has 0 radical (unpaired) electrons. The van der Waals surface area contributed by atoms with Crippen molar-refractivity contribution < 1.29 is 0 Å². The maximum atomic E-state index is 4.37. The fourth-order valence-electron chi connectivity index (χ4n) is 6.99. The Labute approximate surface area is 231 Å². The Morgan fingerprint density at radius 1 is 0.583 bits per heavy atom. The Kier molecular flexibility index (Phi) is 14.1. The van der Waals surface area contributed by atoms with Gasteiger partial charge < -0.3 is 0 Å². The molecule has 0 N–H and O–H groups in total. The Balaban J connectivity index is 7.52. The maximum Gasteiger partial charge on any atom is 0.146 e. The van der Waals surface area contributed by atoms with Crippen molar-refractivity contribution in [3.8, 4) is 22.9 Å². The smallest absolute Gasteiger partial charge is 0.128 e. The molecule has 0 saturated heterocycles. The fourth-order valence-corrected chi connectivity index (χ4v) is 20.4. The SMILES string of the molecule is C=CC(C#C[Si](C(C)C)(C(C)C)C(C)C)(C#C[Si](C(C)C)(C(C)C)C(C)C)/C=C/[Si](CC)(CC)CC. The van der Waals surface area contributed by atoms with Crippen LogP contribution in [0.1, 0.15) is 104 Å². The molecule has 0 aliphatic carbocycles. The first-order valence-electron chi connectivity index (χ1n) is 14.9. The second kappa shape index (κ2) is 14.4. The van der Waals surface area contributed by atoms with Gasteiger partial charge in [-0.2, -0.15) is 0 Å². The van der Waals surface area contributed by atoms with E-state index in [4.69, 9.17) is 0 Å². The van der Waals surface area contributed by atoms with Crippen LogP contribution in [0.15, 0.2) is 24.4 Å². The minimum Gasteiger partial charge on any atom is -0.128 e. The van der Waals surface area contributed by atoms with Gasteiger partial charge in [0.25, 0.3) is 0 Å². The van der Waals surface area contributed by atoms with E-state index in [1.54, 1.807) is 0 Å². The van der Waals surface area contributed by atoms with Gasteiger partial charge in [-0.15, -0.1) is 17.7 Å². The molecule has 0 bridgehead atoms. The number of hydrogen-bond donors (Lipinski definition) is 0. The third kappa shape index (κ3) is 7.42. The standard InChI is InChI=1S/C33H62Si3/c1-17-33(21-24-34(18-2,19-3)20-4,22-25-35(27(5)6,28(7)8)29(9)10)23-26-36(30(11)12,31(13)14)32(15)16/h17,21,24,27-32H,1,18-20H2,2-16H3/b24-21+. The van der Waals surface area contributed by atoms with Crippen molar-refractivity contribution in [1.82, 2.24) is 0 Å². The van der Waals surface area contributed by atoms with Gasteiger partial charge in [0.1, 0.15) is 21.6 Å². The molecule has 0 rings (SSSR count). The largest absolute Gasteiger partial charge is 0.146 e. The summed E-state index contributed by atoms with van der Waals surface area (Å²) < 4.78 is 0. The highest BCUT2D eigenvalue weighted by molar-refractivity contribution is 6.91. The Morgan fingerprint density at radius 3 is 1.06 bits per heavy atom. The Bertz CT molecular complexity index is 728. The first-order chi connectivity index (χ1) is 16.5. The van der Waals surface area contributed by atoms with Crippen LogP contribution in [0.4, 0.5) is 0 Å². The van der Waals surface area contributed by atoms with Crippen molar-refractivity contribution >= 4 is 24.2 Å². The molecule has 0 nitrogen and oxygen atoms in total. The monoisotopic (exact) mass is 542 g/mol. The lowest BCUT2D eigenvalue weighted by atomic mass is 9.91. The molecule has 0 aliphatic heterocycles. The first kappa shape index (κ1) is 35.3. The third-order valence-electron chi connectivity index (χ3n) is 9.84. The van der Waals surface area contributed by atoms with Crippen molar-refractivity contribution in [2.75, 3.05) is 0 Å². The highest BCUT2D eigenvalue weighted by atomic mass is 28.3. The van der Waals surface area contributed by atoms with Gasteiger partial charge >= 0.3 is 0 Å². The van der Waals surface area contributed by atoms with E-state index in [2.05, 4.69) is 151 Å². The zero-order valence-electron chi connectivity index (χ0n) is 27.0. The molecule has 36 heavy (non-hydrogen) atoms. The summed E-state index contributed by atoms with van der Waals surface area (Å²) in [6.45, 7) is 40.3. The predicted molar refractivity (Wildman–Crippen MR) is 177 cm³/mol. The zero-order valence-corrected chi connectivity index (χ0v) is 30.0. The van der Waals surface area contributed by atoms with Crippen LogP contribution in [0.2, 0.25) is 51.4 Å². The lowest BCUT2D eigenvalue weighted by molar-refractivity contribution is 0.833. The zero-order chi connectivity index (χ0) is 28.5. The summed E-state index contributed by atoms with van der Waals surface area (Å²) in [4.78, 5) is 0. The van der Waals surface area contributed by atoms with Crippen LogP contribution in [-0.4, -0.2) is 24.2 Å². The highest BCUT2D eigenvalue weighted by Gasteiger charge is 2.43. The molecule has 0 saturated carbocycles. The summed E-state index contributed by atoms with van der Waals surface area (Å²) >= 11 is 0. The van der Waals surface area contributed by atoms with E-state index in [0.29, 0.717) is 33.2 Å². The molecule has 0 aromatic carbocycles. The summed E-state index contributed by atoms with van der Waals surface area (Å²) in [5.74, 6) is 7.76. The molecule has 206 valence electrons. The van der Waals surface area contributed by atoms with E-state index in [0.717, 1.165) is 0 Å².